The highest BCUT2D eigenvalue weighted by molar-refractivity contribution is 6.30. The van der Waals surface area contributed by atoms with E-state index < -0.39 is 0 Å². The third-order valence-electron chi connectivity index (χ3n) is 4.16. The fraction of sp³-hybridized carbons (Fsp3) is 0.500. The van der Waals surface area contributed by atoms with Crippen LogP contribution in [0.1, 0.15) is 19.8 Å². The molecule has 0 aliphatic carbocycles. The summed E-state index contributed by atoms with van der Waals surface area (Å²) in [6.07, 6.45) is 4.17. The molecule has 7 heteroatoms. The molecule has 6 nitrogen and oxygen atoms in total. The lowest BCUT2D eigenvalue weighted by atomic mass is 9.99. The number of rotatable bonds is 6. The summed E-state index contributed by atoms with van der Waals surface area (Å²) in [6.45, 7) is 6.21. The van der Waals surface area contributed by atoms with Gasteiger partial charge in [0.25, 0.3) is 0 Å². The minimum absolute atomic E-state index is 0.641. The Morgan fingerprint density at radius 2 is 2.22 bits per heavy atom. The van der Waals surface area contributed by atoms with Crippen LogP contribution in [0.2, 0.25) is 5.02 Å². The number of aromatic nitrogens is 3. The Balaban J connectivity index is 1.57. The quantitative estimate of drug-likeness (QED) is 0.847. The summed E-state index contributed by atoms with van der Waals surface area (Å²) in [6, 6.07) is 5.53. The molecule has 0 radical (unpaired) electrons. The van der Waals surface area contributed by atoms with Crippen molar-refractivity contribution in [2.45, 2.75) is 19.8 Å². The summed E-state index contributed by atoms with van der Waals surface area (Å²) in [5.74, 6) is 2.21. The third kappa shape index (κ3) is 4.59. The SMILES string of the molecule is CC1CCN(CCOc2cc(Cl)ccc2Nc2cn[nH]n2)CC1. The normalized spacial score (nSPS) is 16.4. The smallest absolute Gasteiger partial charge is 0.172 e. The highest BCUT2D eigenvalue weighted by Gasteiger charge is 2.15. The van der Waals surface area contributed by atoms with Crippen molar-refractivity contribution in [2.75, 3.05) is 31.6 Å². The van der Waals surface area contributed by atoms with Gasteiger partial charge in [0.2, 0.25) is 0 Å². The van der Waals surface area contributed by atoms with Gasteiger partial charge in [-0.05, 0) is 44.0 Å². The highest BCUT2D eigenvalue weighted by atomic mass is 35.5. The number of piperidine rings is 1. The molecular weight excluding hydrogens is 314 g/mol. The summed E-state index contributed by atoms with van der Waals surface area (Å²) in [5, 5.41) is 14.2. The Morgan fingerprint density at radius 1 is 1.39 bits per heavy atom. The van der Waals surface area contributed by atoms with Crippen LogP contribution in [0.25, 0.3) is 0 Å². The molecule has 0 spiro atoms. The maximum atomic E-state index is 6.09. The number of likely N-dealkylation sites (tertiary alicyclic amines) is 1. The lowest BCUT2D eigenvalue weighted by Gasteiger charge is -2.30. The van der Waals surface area contributed by atoms with Crippen LogP contribution in [-0.4, -0.2) is 46.6 Å². The number of benzene rings is 1. The van der Waals surface area contributed by atoms with Crippen molar-refractivity contribution in [3.05, 3.63) is 29.4 Å². The molecule has 0 bridgehead atoms. The molecule has 2 heterocycles. The molecule has 0 unspecified atom stereocenters. The first-order valence-corrected chi connectivity index (χ1v) is 8.36. The van der Waals surface area contributed by atoms with E-state index in [9.17, 15) is 0 Å². The van der Waals surface area contributed by atoms with Crippen molar-refractivity contribution in [3.8, 4) is 5.75 Å². The fourth-order valence-corrected chi connectivity index (χ4v) is 2.85. The predicted molar refractivity (Wildman–Crippen MR) is 91.5 cm³/mol. The molecule has 0 atom stereocenters. The maximum Gasteiger partial charge on any atom is 0.172 e. The first-order chi connectivity index (χ1) is 11.2. The molecule has 1 aliphatic heterocycles. The first kappa shape index (κ1) is 16.1. The number of nitrogens with one attached hydrogen (secondary N) is 2. The number of hydrogen-bond acceptors (Lipinski definition) is 5. The van der Waals surface area contributed by atoms with Gasteiger partial charge in [-0.1, -0.05) is 18.5 Å². The molecule has 1 fully saturated rings. The number of halogens is 1. The zero-order valence-electron chi connectivity index (χ0n) is 13.3. The summed E-state index contributed by atoms with van der Waals surface area (Å²) >= 11 is 6.09. The van der Waals surface area contributed by atoms with Crippen molar-refractivity contribution in [3.63, 3.8) is 0 Å². The van der Waals surface area contributed by atoms with Gasteiger partial charge in [-0.15, -0.1) is 5.10 Å². The molecule has 0 saturated carbocycles. The van der Waals surface area contributed by atoms with Crippen molar-refractivity contribution < 1.29 is 4.74 Å². The van der Waals surface area contributed by atoms with Crippen molar-refractivity contribution in [1.82, 2.24) is 20.3 Å². The molecule has 1 aromatic heterocycles. The van der Waals surface area contributed by atoms with E-state index in [-0.39, 0.29) is 0 Å². The number of nitrogens with zero attached hydrogens (tertiary/aromatic N) is 3. The third-order valence-corrected chi connectivity index (χ3v) is 4.40. The lowest BCUT2D eigenvalue weighted by molar-refractivity contribution is 0.160. The monoisotopic (exact) mass is 335 g/mol. The largest absolute Gasteiger partial charge is 0.490 e. The maximum absolute atomic E-state index is 6.09. The van der Waals surface area contributed by atoms with Crippen molar-refractivity contribution in [2.24, 2.45) is 5.92 Å². The van der Waals surface area contributed by atoms with E-state index >= 15 is 0 Å². The lowest BCUT2D eigenvalue weighted by Crippen LogP contribution is -2.35. The van der Waals surface area contributed by atoms with Crippen LogP contribution in [0, 0.1) is 5.92 Å². The second-order valence-electron chi connectivity index (χ2n) is 5.99. The van der Waals surface area contributed by atoms with E-state index in [0.717, 1.165) is 37.0 Å². The zero-order chi connectivity index (χ0) is 16.1. The Hall–Kier alpha value is -1.79. The summed E-state index contributed by atoms with van der Waals surface area (Å²) in [7, 11) is 0. The molecule has 124 valence electrons. The van der Waals surface area contributed by atoms with Crippen LogP contribution in [0.15, 0.2) is 24.4 Å². The van der Waals surface area contributed by atoms with E-state index in [1.165, 1.54) is 12.8 Å². The van der Waals surface area contributed by atoms with Gasteiger partial charge in [0, 0.05) is 17.6 Å². The molecular formula is C16H22ClN5O. The van der Waals surface area contributed by atoms with Crippen LogP contribution in [0.5, 0.6) is 5.75 Å². The van der Waals surface area contributed by atoms with E-state index in [0.29, 0.717) is 17.4 Å². The topological polar surface area (TPSA) is 66.1 Å². The van der Waals surface area contributed by atoms with Crippen molar-refractivity contribution >= 4 is 23.1 Å². The second-order valence-corrected chi connectivity index (χ2v) is 6.43. The van der Waals surface area contributed by atoms with Gasteiger partial charge in [-0.25, -0.2) is 0 Å². The van der Waals surface area contributed by atoms with E-state index in [1.54, 1.807) is 6.20 Å². The van der Waals surface area contributed by atoms with Gasteiger partial charge in [0.05, 0.1) is 11.9 Å². The van der Waals surface area contributed by atoms with Gasteiger partial charge in [-0.2, -0.15) is 10.3 Å². The Labute approximate surface area is 141 Å². The molecule has 2 N–H and O–H groups in total. The number of aromatic amines is 1. The minimum atomic E-state index is 0.641. The highest BCUT2D eigenvalue weighted by Crippen LogP contribution is 2.30. The molecule has 1 saturated heterocycles. The predicted octanol–water partition coefficient (Wildman–Crippen LogP) is 3.31. The van der Waals surface area contributed by atoms with Crippen LogP contribution in [0.4, 0.5) is 11.5 Å². The minimum Gasteiger partial charge on any atom is -0.490 e. The molecule has 23 heavy (non-hydrogen) atoms. The van der Waals surface area contributed by atoms with Crippen LogP contribution < -0.4 is 10.1 Å². The standard InChI is InChI=1S/C16H22ClN5O/c1-12-4-6-22(7-5-12)8-9-23-15-10-13(17)2-3-14(15)19-16-11-18-21-20-16/h2-3,10-12H,4-9H2,1H3,(H2,18,19,20,21). The van der Waals surface area contributed by atoms with Gasteiger partial charge in [0.15, 0.2) is 5.82 Å². The van der Waals surface area contributed by atoms with Gasteiger partial charge in [0.1, 0.15) is 12.4 Å². The number of H-pyrrole nitrogens is 1. The second kappa shape index (κ2) is 7.66. The molecule has 1 aliphatic rings. The van der Waals surface area contributed by atoms with Crippen LogP contribution in [-0.2, 0) is 0 Å². The average Bonchev–Trinajstić information content (AvgIpc) is 3.05. The van der Waals surface area contributed by atoms with Gasteiger partial charge >= 0.3 is 0 Å². The molecule has 0 amide bonds. The van der Waals surface area contributed by atoms with Crippen molar-refractivity contribution in [1.29, 1.82) is 0 Å². The van der Waals surface area contributed by atoms with Gasteiger partial charge < -0.3 is 10.1 Å². The Morgan fingerprint density at radius 3 is 2.96 bits per heavy atom. The Bertz CT molecular complexity index is 611. The first-order valence-electron chi connectivity index (χ1n) is 7.98. The van der Waals surface area contributed by atoms with E-state index in [1.807, 2.05) is 18.2 Å². The van der Waals surface area contributed by atoms with Crippen LogP contribution >= 0.6 is 11.6 Å². The number of anilines is 2. The Kier molecular flexibility index (Phi) is 5.35. The average molecular weight is 336 g/mol. The fourth-order valence-electron chi connectivity index (χ4n) is 2.69. The number of hydrogen-bond donors (Lipinski definition) is 2. The summed E-state index contributed by atoms with van der Waals surface area (Å²) in [5.41, 5.74) is 0.829. The summed E-state index contributed by atoms with van der Waals surface area (Å²) in [4.78, 5) is 2.45. The molecule has 2 aromatic rings. The molecule has 3 rings (SSSR count). The molecule has 1 aromatic carbocycles. The number of ether oxygens (including phenoxy) is 1. The summed E-state index contributed by atoms with van der Waals surface area (Å²) < 4.78 is 5.95. The van der Waals surface area contributed by atoms with Gasteiger partial charge in [-0.3, -0.25) is 4.90 Å². The van der Waals surface area contributed by atoms with E-state index in [4.69, 9.17) is 16.3 Å². The zero-order valence-corrected chi connectivity index (χ0v) is 14.0. The van der Waals surface area contributed by atoms with E-state index in [2.05, 4.69) is 32.6 Å². The van der Waals surface area contributed by atoms with Crippen LogP contribution in [0.3, 0.4) is 0 Å².